The van der Waals surface area contributed by atoms with Gasteiger partial charge < -0.3 is 14.5 Å². The van der Waals surface area contributed by atoms with E-state index in [-0.39, 0.29) is 18.2 Å². The summed E-state index contributed by atoms with van der Waals surface area (Å²) < 4.78 is 5.17. The van der Waals surface area contributed by atoms with Crippen LogP contribution in [0.4, 0.5) is 0 Å². The number of benzene rings is 1. The molecule has 0 saturated carbocycles. The van der Waals surface area contributed by atoms with Gasteiger partial charge in [-0.25, -0.2) is 4.79 Å². The number of aromatic nitrogens is 1. The fraction of sp³-hybridized carbons (Fsp3) is 0.400. The molecule has 2 heterocycles. The first-order chi connectivity index (χ1) is 10.1. The summed E-state index contributed by atoms with van der Waals surface area (Å²) in [6.07, 6.45) is 0.774. The molecule has 110 valence electrons. The summed E-state index contributed by atoms with van der Waals surface area (Å²) in [4.78, 5) is 25.2. The molecular weight excluding hydrogens is 272 g/mol. The molecule has 0 spiro atoms. The van der Waals surface area contributed by atoms with Crippen LogP contribution in [0.3, 0.4) is 0 Å². The predicted octanol–water partition coefficient (Wildman–Crippen LogP) is 1.69. The zero-order valence-corrected chi connectivity index (χ0v) is 11.7. The topological polar surface area (TPSA) is 83.6 Å². The van der Waals surface area contributed by atoms with E-state index in [4.69, 9.17) is 4.52 Å². The van der Waals surface area contributed by atoms with Gasteiger partial charge in [-0.1, -0.05) is 24.2 Å². The molecule has 1 N–H and O–H groups in total. The number of fused-ring (bicyclic) bond motifs is 1. The van der Waals surface area contributed by atoms with E-state index in [0.717, 1.165) is 5.39 Å². The third-order valence-corrected chi connectivity index (χ3v) is 4.04. The molecule has 2 atom stereocenters. The Hall–Kier alpha value is -2.37. The van der Waals surface area contributed by atoms with Crippen molar-refractivity contribution in [3.63, 3.8) is 0 Å². The van der Waals surface area contributed by atoms with E-state index in [2.05, 4.69) is 5.16 Å². The maximum atomic E-state index is 12.4. The van der Waals surface area contributed by atoms with Gasteiger partial charge in [0.2, 0.25) is 5.91 Å². The molecular formula is C15H16N2O4. The van der Waals surface area contributed by atoms with Crippen molar-refractivity contribution in [1.82, 2.24) is 10.1 Å². The van der Waals surface area contributed by atoms with Gasteiger partial charge in [0.05, 0.1) is 6.42 Å². The first-order valence-corrected chi connectivity index (χ1v) is 6.93. The van der Waals surface area contributed by atoms with Crippen molar-refractivity contribution in [3.05, 3.63) is 30.0 Å². The standard InChI is InChI=1S/C15H16N2O4/c1-9-6-7-17(14(9)15(19)20)13(18)8-11-10-4-2-3-5-12(10)21-16-11/h2-5,9,14H,6-8H2,1H3,(H,19,20). The van der Waals surface area contributed by atoms with Crippen LogP contribution in [0.5, 0.6) is 0 Å². The van der Waals surface area contributed by atoms with Crippen molar-refractivity contribution in [3.8, 4) is 0 Å². The first-order valence-electron chi connectivity index (χ1n) is 6.93. The number of para-hydroxylation sites is 1. The summed E-state index contributed by atoms with van der Waals surface area (Å²) in [6.45, 7) is 2.34. The van der Waals surface area contributed by atoms with Crippen molar-refractivity contribution in [2.45, 2.75) is 25.8 Å². The quantitative estimate of drug-likeness (QED) is 0.929. The van der Waals surface area contributed by atoms with Gasteiger partial charge in [0.1, 0.15) is 11.7 Å². The molecule has 21 heavy (non-hydrogen) atoms. The van der Waals surface area contributed by atoms with Crippen LogP contribution >= 0.6 is 0 Å². The Morgan fingerprint density at radius 3 is 2.95 bits per heavy atom. The smallest absolute Gasteiger partial charge is 0.326 e. The number of carboxylic acid groups (broad SMARTS) is 1. The van der Waals surface area contributed by atoms with Gasteiger partial charge in [0.25, 0.3) is 0 Å². The molecule has 2 aromatic rings. The minimum Gasteiger partial charge on any atom is -0.480 e. The number of amides is 1. The number of hydrogen-bond acceptors (Lipinski definition) is 4. The average molecular weight is 288 g/mol. The molecule has 1 fully saturated rings. The van der Waals surface area contributed by atoms with E-state index in [1.54, 1.807) is 6.07 Å². The summed E-state index contributed by atoms with van der Waals surface area (Å²) in [5, 5.41) is 14.0. The molecule has 0 radical (unpaired) electrons. The van der Waals surface area contributed by atoms with Crippen molar-refractivity contribution < 1.29 is 19.2 Å². The molecule has 1 amide bonds. The average Bonchev–Trinajstić information content (AvgIpc) is 3.03. The van der Waals surface area contributed by atoms with Crippen LogP contribution in [0, 0.1) is 5.92 Å². The Morgan fingerprint density at radius 2 is 2.19 bits per heavy atom. The summed E-state index contributed by atoms with van der Waals surface area (Å²) in [6, 6.07) is 6.58. The lowest BCUT2D eigenvalue weighted by atomic mass is 10.0. The lowest BCUT2D eigenvalue weighted by molar-refractivity contribution is -0.149. The van der Waals surface area contributed by atoms with Gasteiger partial charge >= 0.3 is 5.97 Å². The van der Waals surface area contributed by atoms with Crippen molar-refractivity contribution >= 4 is 22.8 Å². The minimum absolute atomic E-state index is 0.0273. The van der Waals surface area contributed by atoms with E-state index >= 15 is 0 Å². The largest absolute Gasteiger partial charge is 0.480 e. The second-order valence-electron chi connectivity index (χ2n) is 5.44. The Kier molecular flexibility index (Phi) is 3.37. The van der Waals surface area contributed by atoms with Gasteiger partial charge in [0.15, 0.2) is 5.58 Å². The van der Waals surface area contributed by atoms with Crippen LogP contribution in [-0.2, 0) is 16.0 Å². The van der Waals surface area contributed by atoms with Crippen LogP contribution in [-0.4, -0.2) is 39.6 Å². The third kappa shape index (κ3) is 2.37. The Balaban J connectivity index is 1.82. The third-order valence-electron chi connectivity index (χ3n) is 4.04. The highest BCUT2D eigenvalue weighted by Gasteiger charge is 2.39. The van der Waals surface area contributed by atoms with Crippen LogP contribution in [0.1, 0.15) is 19.0 Å². The zero-order chi connectivity index (χ0) is 15.0. The fourth-order valence-electron chi connectivity index (χ4n) is 2.91. The van der Waals surface area contributed by atoms with Gasteiger partial charge in [-0.2, -0.15) is 0 Å². The van der Waals surface area contributed by atoms with Gasteiger partial charge in [0, 0.05) is 11.9 Å². The summed E-state index contributed by atoms with van der Waals surface area (Å²) in [7, 11) is 0. The molecule has 0 aliphatic carbocycles. The number of rotatable bonds is 3. The van der Waals surface area contributed by atoms with Crippen molar-refractivity contribution in [2.24, 2.45) is 5.92 Å². The normalized spacial score (nSPS) is 21.9. The first kappa shape index (κ1) is 13.6. The Bertz CT molecular complexity index is 694. The number of carbonyl (C=O) groups is 2. The molecule has 1 aliphatic heterocycles. The van der Waals surface area contributed by atoms with E-state index in [1.165, 1.54) is 4.90 Å². The SMILES string of the molecule is CC1CCN(C(=O)Cc2noc3ccccc23)C1C(=O)O. The monoisotopic (exact) mass is 288 g/mol. The number of aliphatic carboxylic acids is 1. The molecule has 6 heteroatoms. The number of nitrogens with zero attached hydrogens (tertiary/aromatic N) is 2. The molecule has 3 rings (SSSR count). The minimum atomic E-state index is -0.946. The lowest BCUT2D eigenvalue weighted by Gasteiger charge is -2.23. The van der Waals surface area contributed by atoms with E-state index < -0.39 is 12.0 Å². The molecule has 1 aromatic heterocycles. The Labute approximate surface area is 121 Å². The second-order valence-corrected chi connectivity index (χ2v) is 5.44. The highest BCUT2D eigenvalue weighted by molar-refractivity contribution is 5.89. The van der Waals surface area contributed by atoms with Crippen molar-refractivity contribution in [1.29, 1.82) is 0 Å². The highest BCUT2D eigenvalue weighted by Crippen LogP contribution is 2.26. The van der Waals surface area contributed by atoms with E-state index in [0.29, 0.717) is 24.2 Å². The summed E-state index contributed by atoms with van der Waals surface area (Å²) in [5.41, 5.74) is 1.18. The van der Waals surface area contributed by atoms with Gasteiger partial charge in [-0.05, 0) is 24.5 Å². The van der Waals surface area contributed by atoms with E-state index in [9.17, 15) is 14.7 Å². The molecule has 2 unspecified atom stereocenters. The van der Waals surface area contributed by atoms with Crippen LogP contribution in [0.25, 0.3) is 11.0 Å². The second kappa shape index (κ2) is 5.20. The molecule has 1 saturated heterocycles. The number of hydrogen-bond donors (Lipinski definition) is 1. The maximum absolute atomic E-state index is 12.4. The molecule has 6 nitrogen and oxygen atoms in total. The summed E-state index contributed by atoms with van der Waals surface area (Å²) >= 11 is 0. The van der Waals surface area contributed by atoms with Crippen LogP contribution in [0.2, 0.25) is 0 Å². The van der Waals surface area contributed by atoms with Crippen LogP contribution in [0.15, 0.2) is 28.8 Å². The lowest BCUT2D eigenvalue weighted by Crippen LogP contribution is -2.43. The Morgan fingerprint density at radius 1 is 1.43 bits per heavy atom. The van der Waals surface area contributed by atoms with Crippen molar-refractivity contribution in [2.75, 3.05) is 6.54 Å². The molecule has 1 aromatic carbocycles. The fourth-order valence-corrected chi connectivity index (χ4v) is 2.91. The number of carbonyl (C=O) groups excluding carboxylic acids is 1. The summed E-state index contributed by atoms with van der Waals surface area (Å²) in [5.74, 6) is -1.19. The van der Waals surface area contributed by atoms with Gasteiger partial charge in [-0.3, -0.25) is 4.79 Å². The molecule has 1 aliphatic rings. The maximum Gasteiger partial charge on any atom is 0.326 e. The number of likely N-dealkylation sites (tertiary alicyclic amines) is 1. The zero-order valence-electron chi connectivity index (χ0n) is 11.7. The highest BCUT2D eigenvalue weighted by atomic mass is 16.5. The van der Waals surface area contributed by atoms with Crippen LogP contribution < -0.4 is 0 Å². The number of carboxylic acids is 1. The predicted molar refractivity (Wildman–Crippen MR) is 74.6 cm³/mol. The van der Waals surface area contributed by atoms with Gasteiger partial charge in [-0.15, -0.1) is 0 Å². The van der Waals surface area contributed by atoms with E-state index in [1.807, 2.05) is 25.1 Å². The molecule has 0 bridgehead atoms.